The van der Waals surface area contributed by atoms with Crippen molar-refractivity contribution in [3.05, 3.63) is 72.2 Å². The lowest BCUT2D eigenvalue weighted by atomic mass is 9.97. The van der Waals surface area contributed by atoms with Crippen LogP contribution in [0.5, 0.6) is 0 Å². The van der Waals surface area contributed by atoms with E-state index in [0.29, 0.717) is 6.42 Å². The summed E-state index contributed by atoms with van der Waals surface area (Å²) in [4.78, 5) is 17.4. The molecule has 4 heteroatoms. The molecule has 0 fully saturated rings. The van der Waals surface area contributed by atoms with E-state index < -0.39 is 0 Å². The van der Waals surface area contributed by atoms with Gasteiger partial charge < -0.3 is 9.88 Å². The third-order valence-corrected chi connectivity index (χ3v) is 5.25. The second-order valence-corrected chi connectivity index (χ2v) is 7.30. The van der Waals surface area contributed by atoms with Gasteiger partial charge in [-0.3, -0.25) is 4.79 Å². The molecule has 0 radical (unpaired) electrons. The van der Waals surface area contributed by atoms with Gasteiger partial charge in [0.25, 0.3) is 0 Å². The Morgan fingerprint density at radius 1 is 1.11 bits per heavy atom. The summed E-state index contributed by atoms with van der Waals surface area (Å²) in [7, 11) is 0. The Hall–Kier alpha value is -2.88. The van der Waals surface area contributed by atoms with Gasteiger partial charge in [0.2, 0.25) is 5.91 Å². The van der Waals surface area contributed by atoms with E-state index >= 15 is 0 Å². The molecule has 0 spiro atoms. The SMILES string of the molecule is CC(CC(=O)Nc1ccccc1-c1cn2c(n1)CCCC2)c1ccccc1. The minimum Gasteiger partial charge on any atom is -0.334 e. The van der Waals surface area contributed by atoms with Crippen molar-refractivity contribution >= 4 is 11.6 Å². The zero-order valence-electron chi connectivity index (χ0n) is 15.7. The predicted octanol–water partition coefficient (Wildman–Crippen LogP) is 5.02. The first-order valence-electron chi connectivity index (χ1n) is 9.71. The first-order valence-corrected chi connectivity index (χ1v) is 9.71. The fourth-order valence-electron chi connectivity index (χ4n) is 3.74. The van der Waals surface area contributed by atoms with Gasteiger partial charge in [0, 0.05) is 31.1 Å². The van der Waals surface area contributed by atoms with Crippen molar-refractivity contribution in [2.45, 2.75) is 45.1 Å². The number of nitrogens with one attached hydrogen (secondary N) is 1. The van der Waals surface area contributed by atoms with Crippen molar-refractivity contribution in [3.63, 3.8) is 0 Å². The molecule has 138 valence electrons. The standard InChI is InChI=1S/C23H25N3O/c1-17(18-9-3-2-4-10-18)15-23(27)25-20-12-6-5-11-19(20)21-16-26-14-8-7-13-22(26)24-21/h2-6,9-12,16-17H,7-8,13-15H2,1H3,(H,25,27). The van der Waals surface area contributed by atoms with Crippen LogP contribution in [0, 0.1) is 0 Å². The average molecular weight is 359 g/mol. The molecular weight excluding hydrogens is 334 g/mol. The van der Waals surface area contributed by atoms with Gasteiger partial charge in [0.1, 0.15) is 5.82 Å². The van der Waals surface area contributed by atoms with Gasteiger partial charge in [-0.2, -0.15) is 0 Å². The zero-order valence-corrected chi connectivity index (χ0v) is 15.7. The number of anilines is 1. The van der Waals surface area contributed by atoms with E-state index in [9.17, 15) is 4.79 Å². The highest BCUT2D eigenvalue weighted by Gasteiger charge is 2.17. The molecule has 1 unspecified atom stereocenters. The summed E-state index contributed by atoms with van der Waals surface area (Å²) >= 11 is 0. The van der Waals surface area contributed by atoms with Gasteiger partial charge in [-0.05, 0) is 30.4 Å². The number of benzene rings is 2. The maximum atomic E-state index is 12.6. The Labute approximate surface area is 160 Å². The van der Waals surface area contributed by atoms with Crippen LogP contribution in [0.25, 0.3) is 11.3 Å². The van der Waals surface area contributed by atoms with E-state index in [4.69, 9.17) is 4.98 Å². The highest BCUT2D eigenvalue weighted by Crippen LogP contribution is 2.29. The first-order chi connectivity index (χ1) is 13.2. The van der Waals surface area contributed by atoms with Gasteiger partial charge >= 0.3 is 0 Å². The topological polar surface area (TPSA) is 46.9 Å². The van der Waals surface area contributed by atoms with Crippen molar-refractivity contribution in [2.75, 3.05) is 5.32 Å². The van der Waals surface area contributed by atoms with Crippen LogP contribution in [-0.4, -0.2) is 15.5 Å². The van der Waals surface area contributed by atoms with Gasteiger partial charge in [0.05, 0.1) is 11.4 Å². The van der Waals surface area contributed by atoms with Crippen LogP contribution in [0.15, 0.2) is 60.8 Å². The van der Waals surface area contributed by atoms with E-state index in [1.807, 2.05) is 42.5 Å². The molecular formula is C23H25N3O. The van der Waals surface area contributed by atoms with Gasteiger partial charge in [-0.1, -0.05) is 55.5 Å². The Kier molecular flexibility index (Phi) is 5.05. The quantitative estimate of drug-likeness (QED) is 0.695. The summed E-state index contributed by atoms with van der Waals surface area (Å²) in [6.45, 7) is 3.12. The molecule has 0 saturated heterocycles. The maximum absolute atomic E-state index is 12.6. The number of hydrogen-bond donors (Lipinski definition) is 1. The second-order valence-electron chi connectivity index (χ2n) is 7.30. The minimum atomic E-state index is 0.0303. The normalized spacial score (nSPS) is 14.4. The number of amides is 1. The molecule has 2 heterocycles. The van der Waals surface area contributed by atoms with Crippen molar-refractivity contribution in [1.82, 2.24) is 9.55 Å². The number of carbonyl (C=O) groups is 1. The average Bonchev–Trinajstić information content (AvgIpc) is 3.13. The maximum Gasteiger partial charge on any atom is 0.224 e. The molecule has 1 N–H and O–H groups in total. The smallest absolute Gasteiger partial charge is 0.224 e. The Morgan fingerprint density at radius 3 is 2.70 bits per heavy atom. The molecule has 1 atom stereocenters. The fraction of sp³-hybridized carbons (Fsp3) is 0.304. The van der Waals surface area contributed by atoms with E-state index in [1.165, 1.54) is 18.4 Å². The number of imidazole rings is 1. The Balaban J connectivity index is 1.51. The van der Waals surface area contributed by atoms with Crippen molar-refractivity contribution in [1.29, 1.82) is 0 Å². The second kappa shape index (κ2) is 7.78. The number of aromatic nitrogens is 2. The number of carbonyl (C=O) groups excluding carboxylic acids is 1. The molecule has 1 aliphatic rings. The summed E-state index contributed by atoms with van der Waals surface area (Å²) in [6.07, 6.45) is 6.01. The molecule has 1 amide bonds. The molecule has 27 heavy (non-hydrogen) atoms. The number of hydrogen-bond acceptors (Lipinski definition) is 2. The highest BCUT2D eigenvalue weighted by atomic mass is 16.1. The van der Waals surface area contributed by atoms with E-state index in [0.717, 1.165) is 35.7 Å². The minimum absolute atomic E-state index is 0.0303. The van der Waals surface area contributed by atoms with E-state index in [2.05, 4.69) is 35.1 Å². The molecule has 4 rings (SSSR count). The number of aryl methyl sites for hydroxylation is 2. The summed E-state index contributed by atoms with van der Waals surface area (Å²) in [6, 6.07) is 18.1. The van der Waals surface area contributed by atoms with Crippen LogP contribution in [0.1, 0.15) is 43.5 Å². The summed E-state index contributed by atoms with van der Waals surface area (Å²) in [5.41, 5.74) is 3.94. The van der Waals surface area contributed by atoms with Gasteiger partial charge in [-0.15, -0.1) is 0 Å². The Bertz CT molecular complexity index is 906. The number of nitrogens with zero attached hydrogens (tertiary/aromatic N) is 2. The van der Waals surface area contributed by atoms with Gasteiger partial charge in [0.15, 0.2) is 0 Å². The highest BCUT2D eigenvalue weighted by molar-refractivity contribution is 5.95. The largest absolute Gasteiger partial charge is 0.334 e. The third-order valence-electron chi connectivity index (χ3n) is 5.25. The summed E-state index contributed by atoms with van der Waals surface area (Å²) in [5, 5.41) is 3.10. The predicted molar refractivity (Wildman–Crippen MR) is 109 cm³/mol. The van der Waals surface area contributed by atoms with E-state index in [-0.39, 0.29) is 11.8 Å². The molecule has 4 nitrogen and oxygen atoms in total. The molecule has 1 aliphatic heterocycles. The summed E-state index contributed by atoms with van der Waals surface area (Å²) < 4.78 is 2.24. The summed E-state index contributed by atoms with van der Waals surface area (Å²) in [5.74, 6) is 1.36. The molecule has 0 saturated carbocycles. The van der Waals surface area contributed by atoms with Crippen LogP contribution in [0.3, 0.4) is 0 Å². The molecule has 2 aromatic carbocycles. The monoisotopic (exact) mass is 359 g/mol. The lowest BCUT2D eigenvalue weighted by Crippen LogP contribution is -2.15. The van der Waals surface area contributed by atoms with Crippen LogP contribution in [-0.2, 0) is 17.8 Å². The van der Waals surface area contributed by atoms with Crippen molar-refractivity contribution in [2.24, 2.45) is 0 Å². The lowest BCUT2D eigenvalue weighted by Gasteiger charge is -2.13. The number of rotatable bonds is 5. The van der Waals surface area contributed by atoms with Crippen LogP contribution < -0.4 is 5.32 Å². The lowest BCUT2D eigenvalue weighted by molar-refractivity contribution is -0.116. The van der Waals surface area contributed by atoms with Gasteiger partial charge in [-0.25, -0.2) is 4.98 Å². The van der Waals surface area contributed by atoms with Crippen LogP contribution >= 0.6 is 0 Å². The number of para-hydroxylation sites is 1. The van der Waals surface area contributed by atoms with Crippen molar-refractivity contribution in [3.8, 4) is 11.3 Å². The Morgan fingerprint density at radius 2 is 1.89 bits per heavy atom. The first kappa shape index (κ1) is 17.5. The zero-order chi connectivity index (χ0) is 18.6. The van der Waals surface area contributed by atoms with E-state index in [1.54, 1.807) is 0 Å². The number of fused-ring (bicyclic) bond motifs is 1. The molecule has 0 aliphatic carbocycles. The van der Waals surface area contributed by atoms with Crippen LogP contribution in [0.2, 0.25) is 0 Å². The van der Waals surface area contributed by atoms with Crippen LogP contribution in [0.4, 0.5) is 5.69 Å². The molecule has 0 bridgehead atoms. The fourth-order valence-corrected chi connectivity index (χ4v) is 3.74. The molecule has 3 aromatic rings. The van der Waals surface area contributed by atoms with Crippen molar-refractivity contribution < 1.29 is 4.79 Å². The molecule has 1 aromatic heterocycles. The third kappa shape index (κ3) is 3.95.